The van der Waals surface area contributed by atoms with E-state index in [0.717, 1.165) is 11.1 Å². The number of amides is 1. The van der Waals surface area contributed by atoms with Gasteiger partial charge in [0.05, 0.1) is 0 Å². The quantitative estimate of drug-likeness (QED) is 0.456. The minimum atomic E-state index is -2.72. The molecule has 0 bridgehead atoms. The van der Waals surface area contributed by atoms with Crippen LogP contribution in [0.5, 0.6) is 0 Å². The number of nitrogens with zero attached hydrogens (tertiary/aromatic N) is 1. The van der Waals surface area contributed by atoms with Gasteiger partial charge in [0.2, 0.25) is 5.92 Å². The Morgan fingerprint density at radius 3 is 2.14 bits per heavy atom. The number of halogens is 2. The van der Waals surface area contributed by atoms with Gasteiger partial charge in [0, 0.05) is 32.0 Å². The third-order valence-electron chi connectivity index (χ3n) is 3.16. The highest BCUT2D eigenvalue weighted by atomic mass is 19.3. The van der Waals surface area contributed by atoms with Crippen molar-refractivity contribution >= 4 is 5.91 Å². The van der Waals surface area contributed by atoms with Crippen LogP contribution in [-0.4, -0.2) is 30.3 Å². The zero-order chi connectivity index (χ0) is 17.9. The molecule has 0 aliphatic carbocycles. The van der Waals surface area contributed by atoms with Crippen molar-refractivity contribution in [3.05, 3.63) is 35.5 Å². The standard InChI is InChI=1S/C16H25F2NO.C2H6/c1-7-13(5)14(11-12(3)4)15(20)19(6)10-9-16(17,18)8-2;1-2/h7,11H,3,8-10H2,1-2,4-6H3;1-2H3/b13-7-,14-11+;. The highest BCUT2D eigenvalue weighted by molar-refractivity contribution is 5.97. The number of carbonyl (C=O) groups is 1. The lowest BCUT2D eigenvalue weighted by Gasteiger charge is -2.22. The molecule has 0 aromatic heterocycles. The summed E-state index contributed by atoms with van der Waals surface area (Å²) in [6, 6.07) is 0. The van der Waals surface area contributed by atoms with Crippen LogP contribution in [0.3, 0.4) is 0 Å². The topological polar surface area (TPSA) is 20.3 Å². The normalized spacial score (nSPS) is 12.4. The van der Waals surface area contributed by atoms with Gasteiger partial charge in [-0.25, -0.2) is 8.78 Å². The van der Waals surface area contributed by atoms with Crippen LogP contribution in [0.4, 0.5) is 8.78 Å². The molecule has 0 aliphatic heterocycles. The second kappa shape index (κ2) is 11.2. The molecule has 0 saturated carbocycles. The number of likely N-dealkylation sites (N-methyl/N-ethyl adjacent to an activating group) is 1. The van der Waals surface area contributed by atoms with Crippen molar-refractivity contribution in [3.8, 4) is 0 Å². The third kappa shape index (κ3) is 8.75. The van der Waals surface area contributed by atoms with E-state index in [1.165, 1.54) is 11.8 Å². The maximum atomic E-state index is 13.2. The van der Waals surface area contributed by atoms with E-state index in [2.05, 4.69) is 6.58 Å². The Balaban J connectivity index is 0. The van der Waals surface area contributed by atoms with Gasteiger partial charge < -0.3 is 4.90 Å². The summed E-state index contributed by atoms with van der Waals surface area (Å²) in [6.07, 6.45) is 2.98. The summed E-state index contributed by atoms with van der Waals surface area (Å²) >= 11 is 0. The maximum absolute atomic E-state index is 13.2. The van der Waals surface area contributed by atoms with Crippen LogP contribution >= 0.6 is 0 Å². The van der Waals surface area contributed by atoms with Gasteiger partial charge >= 0.3 is 0 Å². The minimum absolute atomic E-state index is 0.0319. The molecule has 0 aromatic carbocycles. The van der Waals surface area contributed by atoms with Crippen molar-refractivity contribution in [2.45, 2.75) is 60.3 Å². The van der Waals surface area contributed by atoms with E-state index in [9.17, 15) is 13.6 Å². The molecular weight excluding hydrogens is 284 g/mol. The Kier molecular flexibility index (Phi) is 11.6. The first-order chi connectivity index (χ1) is 10.1. The van der Waals surface area contributed by atoms with E-state index in [1.807, 2.05) is 33.8 Å². The molecule has 0 unspecified atom stereocenters. The van der Waals surface area contributed by atoms with Gasteiger partial charge in [0.15, 0.2) is 0 Å². The lowest BCUT2D eigenvalue weighted by Crippen LogP contribution is -2.32. The summed E-state index contributed by atoms with van der Waals surface area (Å²) in [7, 11) is 1.54. The molecule has 0 fully saturated rings. The first kappa shape index (κ1) is 22.8. The van der Waals surface area contributed by atoms with Gasteiger partial charge in [-0.2, -0.15) is 0 Å². The Hall–Kier alpha value is -1.45. The molecular formula is C18H31F2NO. The second-order valence-corrected chi connectivity index (χ2v) is 5.06. The van der Waals surface area contributed by atoms with E-state index in [0.29, 0.717) is 5.57 Å². The molecule has 0 saturated heterocycles. The van der Waals surface area contributed by atoms with E-state index in [1.54, 1.807) is 20.0 Å². The average Bonchev–Trinajstić information content (AvgIpc) is 2.50. The largest absolute Gasteiger partial charge is 0.341 e. The third-order valence-corrected chi connectivity index (χ3v) is 3.16. The fraction of sp³-hybridized carbons (Fsp3) is 0.611. The predicted octanol–water partition coefficient (Wildman–Crippen LogP) is 5.38. The van der Waals surface area contributed by atoms with Gasteiger partial charge in [-0.15, -0.1) is 0 Å². The van der Waals surface area contributed by atoms with Crippen LogP contribution in [0, 0.1) is 0 Å². The Morgan fingerprint density at radius 2 is 1.77 bits per heavy atom. The summed E-state index contributed by atoms with van der Waals surface area (Å²) in [5, 5.41) is 0. The zero-order valence-electron chi connectivity index (χ0n) is 15.1. The molecule has 0 rings (SSSR count). The van der Waals surface area contributed by atoms with Crippen LogP contribution in [0.1, 0.15) is 54.4 Å². The van der Waals surface area contributed by atoms with Crippen molar-refractivity contribution < 1.29 is 13.6 Å². The molecule has 0 spiro atoms. The molecule has 2 nitrogen and oxygen atoms in total. The fourth-order valence-electron chi connectivity index (χ4n) is 1.56. The predicted molar refractivity (Wildman–Crippen MR) is 91.2 cm³/mol. The van der Waals surface area contributed by atoms with Crippen LogP contribution < -0.4 is 0 Å². The number of allylic oxidation sites excluding steroid dienone is 3. The summed E-state index contributed by atoms with van der Waals surface area (Å²) in [4.78, 5) is 13.7. The zero-order valence-corrected chi connectivity index (χ0v) is 15.1. The van der Waals surface area contributed by atoms with Gasteiger partial charge in [-0.1, -0.05) is 39.0 Å². The van der Waals surface area contributed by atoms with Crippen molar-refractivity contribution in [3.63, 3.8) is 0 Å². The molecule has 22 heavy (non-hydrogen) atoms. The summed E-state index contributed by atoms with van der Waals surface area (Å²) in [6.45, 7) is 14.7. The monoisotopic (exact) mass is 315 g/mol. The van der Waals surface area contributed by atoms with Crippen LogP contribution in [0.2, 0.25) is 0 Å². The minimum Gasteiger partial charge on any atom is -0.341 e. The van der Waals surface area contributed by atoms with E-state index in [4.69, 9.17) is 0 Å². The molecule has 4 heteroatoms. The highest BCUT2D eigenvalue weighted by Gasteiger charge is 2.27. The Morgan fingerprint density at radius 1 is 1.27 bits per heavy atom. The molecule has 0 N–H and O–H groups in total. The van der Waals surface area contributed by atoms with Gasteiger partial charge in [0.1, 0.15) is 0 Å². The van der Waals surface area contributed by atoms with E-state index < -0.39 is 5.92 Å². The molecule has 128 valence electrons. The maximum Gasteiger partial charge on any atom is 0.253 e. The smallest absolute Gasteiger partial charge is 0.253 e. The van der Waals surface area contributed by atoms with Gasteiger partial charge in [-0.3, -0.25) is 4.79 Å². The first-order valence-electron chi connectivity index (χ1n) is 7.78. The van der Waals surface area contributed by atoms with Gasteiger partial charge in [-0.05, 0) is 32.4 Å². The average molecular weight is 315 g/mol. The van der Waals surface area contributed by atoms with Gasteiger partial charge in [0.25, 0.3) is 5.91 Å². The van der Waals surface area contributed by atoms with E-state index in [-0.39, 0.29) is 25.3 Å². The summed E-state index contributed by atoms with van der Waals surface area (Å²) in [5.41, 5.74) is 2.07. The van der Waals surface area contributed by atoms with Crippen molar-refractivity contribution in [2.75, 3.05) is 13.6 Å². The Bertz CT molecular complexity index is 423. The number of carbonyl (C=O) groups excluding carboxylic acids is 1. The molecule has 0 aliphatic rings. The number of alkyl halides is 2. The van der Waals surface area contributed by atoms with Crippen molar-refractivity contribution in [2.24, 2.45) is 0 Å². The van der Waals surface area contributed by atoms with E-state index >= 15 is 0 Å². The summed E-state index contributed by atoms with van der Waals surface area (Å²) < 4.78 is 26.5. The van der Waals surface area contributed by atoms with Crippen molar-refractivity contribution in [1.82, 2.24) is 4.90 Å². The molecule has 0 aromatic rings. The fourth-order valence-corrected chi connectivity index (χ4v) is 1.56. The molecule has 0 radical (unpaired) electrons. The van der Waals surface area contributed by atoms with Crippen LogP contribution in [-0.2, 0) is 4.79 Å². The number of rotatable bonds is 7. The van der Waals surface area contributed by atoms with Crippen molar-refractivity contribution in [1.29, 1.82) is 0 Å². The van der Waals surface area contributed by atoms with Crippen LogP contribution in [0.25, 0.3) is 0 Å². The Labute approximate surface area is 134 Å². The molecule has 1 amide bonds. The number of hydrogen-bond acceptors (Lipinski definition) is 1. The SMILES string of the molecule is C=C(C)/C=C(C(=O)N(C)CCC(F)(F)CC)\C(C)=C/C.CC. The lowest BCUT2D eigenvalue weighted by molar-refractivity contribution is -0.126. The van der Waals surface area contributed by atoms with Crippen LogP contribution in [0.15, 0.2) is 35.5 Å². The second-order valence-electron chi connectivity index (χ2n) is 5.06. The number of hydrogen-bond donors (Lipinski definition) is 0. The molecule has 0 atom stereocenters. The lowest BCUT2D eigenvalue weighted by atomic mass is 10.0. The molecule has 0 heterocycles. The highest BCUT2D eigenvalue weighted by Crippen LogP contribution is 2.23. The summed E-state index contributed by atoms with van der Waals surface area (Å²) in [5.74, 6) is -2.97. The first-order valence-corrected chi connectivity index (χ1v) is 7.78.